The number of nitrogens with one attached hydrogen (secondary N) is 1. The standard InChI is InChI=1S/C21H22ClN3O4S/c1-14-15(2)25(12-13-29-3)20(24-21(26)17-10-7-11-23-19(17)22)18(14)30(27,28)16-8-5-4-6-9-16/h4-11H,12-13H2,1-3H3,(H,24,26). The minimum absolute atomic E-state index is 0.0332. The van der Waals surface area contributed by atoms with E-state index in [-0.39, 0.29) is 26.3 Å². The van der Waals surface area contributed by atoms with Crippen molar-refractivity contribution in [2.45, 2.75) is 30.2 Å². The Hall–Kier alpha value is -2.68. The highest BCUT2D eigenvalue weighted by Gasteiger charge is 2.30. The van der Waals surface area contributed by atoms with E-state index in [1.165, 1.54) is 24.4 Å². The van der Waals surface area contributed by atoms with Crippen molar-refractivity contribution in [3.63, 3.8) is 0 Å². The van der Waals surface area contributed by atoms with Crippen LogP contribution in [0.2, 0.25) is 5.15 Å². The molecule has 1 aromatic carbocycles. The number of sulfone groups is 1. The van der Waals surface area contributed by atoms with Gasteiger partial charge >= 0.3 is 0 Å². The highest BCUT2D eigenvalue weighted by Crippen LogP contribution is 2.35. The number of nitrogens with zero attached hydrogens (tertiary/aromatic N) is 2. The van der Waals surface area contributed by atoms with Crippen LogP contribution in [-0.4, -0.2) is 37.6 Å². The highest BCUT2D eigenvalue weighted by atomic mass is 35.5. The van der Waals surface area contributed by atoms with Gasteiger partial charge in [-0.1, -0.05) is 29.8 Å². The van der Waals surface area contributed by atoms with Gasteiger partial charge in [0.05, 0.1) is 17.1 Å². The minimum Gasteiger partial charge on any atom is -0.383 e. The number of methoxy groups -OCH3 is 1. The lowest BCUT2D eigenvalue weighted by Crippen LogP contribution is -2.19. The molecule has 0 aliphatic heterocycles. The van der Waals surface area contributed by atoms with Crippen LogP contribution in [0.3, 0.4) is 0 Å². The van der Waals surface area contributed by atoms with Gasteiger partial charge in [-0.3, -0.25) is 4.79 Å². The maximum absolute atomic E-state index is 13.5. The van der Waals surface area contributed by atoms with Gasteiger partial charge in [0.25, 0.3) is 5.91 Å². The Balaban J connectivity index is 2.18. The molecule has 0 unspecified atom stereocenters. The normalized spacial score (nSPS) is 11.5. The highest BCUT2D eigenvalue weighted by molar-refractivity contribution is 7.91. The summed E-state index contributed by atoms with van der Waals surface area (Å²) < 4.78 is 33.8. The summed E-state index contributed by atoms with van der Waals surface area (Å²) in [5.41, 5.74) is 1.42. The summed E-state index contributed by atoms with van der Waals surface area (Å²) in [4.78, 5) is 17.0. The predicted molar refractivity (Wildman–Crippen MR) is 115 cm³/mol. The van der Waals surface area contributed by atoms with Gasteiger partial charge in [-0.2, -0.15) is 0 Å². The molecule has 30 heavy (non-hydrogen) atoms. The van der Waals surface area contributed by atoms with Gasteiger partial charge in [0.15, 0.2) is 0 Å². The molecule has 0 fully saturated rings. The zero-order valence-electron chi connectivity index (χ0n) is 16.8. The number of hydrogen-bond donors (Lipinski definition) is 1. The predicted octanol–water partition coefficient (Wildman–Crippen LogP) is 3.88. The summed E-state index contributed by atoms with van der Waals surface area (Å²) in [7, 11) is -2.33. The van der Waals surface area contributed by atoms with Crippen LogP contribution in [0, 0.1) is 13.8 Å². The lowest BCUT2D eigenvalue weighted by atomic mass is 10.2. The number of halogens is 1. The van der Waals surface area contributed by atoms with Crippen LogP contribution >= 0.6 is 11.6 Å². The lowest BCUT2D eigenvalue weighted by molar-refractivity contribution is 0.102. The summed E-state index contributed by atoms with van der Waals surface area (Å²) in [5.74, 6) is -0.371. The Bertz CT molecular complexity index is 1170. The number of benzene rings is 1. The first-order chi connectivity index (χ1) is 14.3. The largest absolute Gasteiger partial charge is 0.383 e. The molecule has 3 rings (SSSR count). The Kier molecular flexibility index (Phi) is 6.60. The average Bonchev–Trinajstić information content (AvgIpc) is 2.97. The van der Waals surface area contributed by atoms with E-state index in [4.69, 9.17) is 16.3 Å². The molecular formula is C21H22ClN3O4S. The Labute approximate surface area is 180 Å². The van der Waals surface area contributed by atoms with E-state index in [1.54, 1.807) is 42.9 Å². The van der Waals surface area contributed by atoms with Crippen molar-refractivity contribution in [1.82, 2.24) is 9.55 Å². The van der Waals surface area contributed by atoms with Crippen LogP contribution in [0.5, 0.6) is 0 Å². The van der Waals surface area contributed by atoms with Crippen LogP contribution in [-0.2, 0) is 21.1 Å². The fourth-order valence-electron chi connectivity index (χ4n) is 3.20. The number of carbonyl (C=O) groups is 1. The Morgan fingerprint density at radius 3 is 2.50 bits per heavy atom. The van der Waals surface area contributed by atoms with Gasteiger partial charge in [0.1, 0.15) is 15.9 Å². The number of anilines is 1. The van der Waals surface area contributed by atoms with Gasteiger partial charge < -0.3 is 14.6 Å². The quantitative estimate of drug-likeness (QED) is 0.555. The molecule has 0 aliphatic rings. The van der Waals surface area contributed by atoms with Crippen LogP contribution in [0.25, 0.3) is 0 Å². The average molecular weight is 448 g/mol. The molecule has 9 heteroatoms. The first-order valence-electron chi connectivity index (χ1n) is 9.19. The maximum Gasteiger partial charge on any atom is 0.259 e. The SMILES string of the molecule is COCCn1c(C)c(C)c(S(=O)(=O)c2ccccc2)c1NC(=O)c1cccnc1Cl. The van der Waals surface area contributed by atoms with E-state index < -0.39 is 15.7 Å². The van der Waals surface area contributed by atoms with Crippen molar-refractivity contribution in [2.24, 2.45) is 0 Å². The van der Waals surface area contributed by atoms with E-state index in [0.717, 1.165) is 0 Å². The van der Waals surface area contributed by atoms with E-state index >= 15 is 0 Å². The fourth-order valence-corrected chi connectivity index (χ4v) is 5.12. The summed E-state index contributed by atoms with van der Waals surface area (Å²) >= 11 is 6.05. The topological polar surface area (TPSA) is 90.3 Å². The summed E-state index contributed by atoms with van der Waals surface area (Å²) in [6.07, 6.45) is 1.47. The number of hydrogen-bond acceptors (Lipinski definition) is 5. The maximum atomic E-state index is 13.5. The van der Waals surface area contributed by atoms with Crippen molar-refractivity contribution in [2.75, 3.05) is 19.0 Å². The molecule has 0 atom stereocenters. The van der Waals surface area contributed by atoms with Crippen molar-refractivity contribution in [3.8, 4) is 0 Å². The molecule has 0 saturated heterocycles. The van der Waals surface area contributed by atoms with Crippen LogP contribution in [0.1, 0.15) is 21.6 Å². The molecule has 1 N–H and O–H groups in total. The third-order valence-electron chi connectivity index (χ3n) is 4.85. The second-order valence-corrected chi connectivity index (χ2v) is 8.89. The summed E-state index contributed by atoms with van der Waals surface area (Å²) in [6, 6.07) is 11.2. The van der Waals surface area contributed by atoms with E-state index in [2.05, 4.69) is 10.3 Å². The summed E-state index contributed by atoms with van der Waals surface area (Å²) in [5, 5.41) is 2.78. The number of aromatic nitrogens is 2. The Morgan fingerprint density at radius 1 is 1.17 bits per heavy atom. The molecule has 0 spiro atoms. The van der Waals surface area contributed by atoms with E-state index in [9.17, 15) is 13.2 Å². The van der Waals surface area contributed by atoms with Gasteiger partial charge in [0.2, 0.25) is 9.84 Å². The van der Waals surface area contributed by atoms with Gasteiger partial charge in [-0.15, -0.1) is 0 Å². The number of rotatable bonds is 7. The molecule has 2 heterocycles. The van der Waals surface area contributed by atoms with E-state index in [0.29, 0.717) is 24.4 Å². The van der Waals surface area contributed by atoms with Gasteiger partial charge in [-0.25, -0.2) is 13.4 Å². The number of amides is 1. The van der Waals surface area contributed by atoms with Crippen LogP contribution < -0.4 is 5.32 Å². The lowest BCUT2D eigenvalue weighted by Gasteiger charge is -2.14. The van der Waals surface area contributed by atoms with E-state index in [1.807, 2.05) is 6.92 Å². The molecular weight excluding hydrogens is 426 g/mol. The number of ether oxygens (including phenoxy) is 1. The van der Waals surface area contributed by atoms with Crippen LogP contribution in [0.4, 0.5) is 5.82 Å². The molecule has 0 aliphatic carbocycles. The number of pyridine rings is 1. The third-order valence-corrected chi connectivity index (χ3v) is 7.08. The second kappa shape index (κ2) is 8.99. The molecule has 0 saturated carbocycles. The number of carbonyl (C=O) groups excluding carboxylic acids is 1. The van der Waals surface area contributed by atoms with Crippen molar-refractivity contribution in [1.29, 1.82) is 0 Å². The molecule has 0 bridgehead atoms. The van der Waals surface area contributed by atoms with Crippen molar-refractivity contribution >= 4 is 33.2 Å². The molecule has 7 nitrogen and oxygen atoms in total. The fraction of sp³-hybridized carbons (Fsp3) is 0.238. The molecule has 158 valence electrons. The molecule has 2 aromatic heterocycles. The molecule has 3 aromatic rings. The summed E-state index contributed by atoms with van der Waals surface area (Å²) in [6.45, 7) is 4.24. The molecule has 0 radical (unpaired) electrons. The van der Waals surface area contributed by atoms with Gasteiger partial charge in [0, 0.05) is 25.5 Å². The van der Waals surface area contributed by atoms with Gasteiger partial charge in [-0.05, 0) is 43.7 Å². The smallest absolute Gasteiger partial charge is 0.259 e. The second-order valence-electron chi connectivity index (χ2n) is 6.64. The van der Waals surface area contributed by atoms with Crippen molar-refractivity contribution < 1.29 is 17.9 Å². The Morgan fingerprint density at radius 2 is 1.87 bits per heavy atom. The zero-order chi connectivity index (χ0) is 21.9. The van der Waals surface area contributed by atoms with Crippen molar-refractivity contribution in [3.05, 3.63) is 70.6 Å². The van der Waals surface area contributed by atoms with Crippen LogP contribution in [0.15, 0.2) is 58.5 Å². The third kappa shape index (κ3) is 4.12. The monoisotopic (exact) mass is 447 g/mol. The zero-order valence-corrected chi connectivity index (χ0v) is 18.4. The first kappa shape index (κ1) is 22.0. The first-order valence-corrected chi connectivity index (χ1v) is 11.1. The molecule has 1 amide bonds. The minimum atomic E-state index is -3.89.